The van der Waals surface area contributed by atoms with E-state index in [0.717, 1.165) is 32.1 Å². The van der Waals surface area contributed by atoms with Gasteiger partial charge in [0, 0.05) is 12.1 Å². The third kappa shape index (κ3) is 5.38. The summed E-state index contributed by atoms with van der Waals surface area (Å²) in [6, 6.07) is 6.89. The lowest BCUT2D eigenvalue weighted by molar-refractivity contribution is -0.117. The van der Waals surface area contributed by atoms with E-state index < -0.39 is 11.9 Å². The Balaban J connectivity index is 1.79. The van der Waals surface area contributed by atoms with Crippen molar-refractivity contribution in [2.45, 2.75) is 69.6 Å². The van der Waals surface area contributed by atoms with Gasteiger partial charge in [0.05, 0.1) is 16.7 Å². The highest BCUT2D eigenvalue weighted by atomic mass is 32.2. The Morgan fingerprint density at radius 1 is 1.24 bits per heavy atom. The molecule has 1 saturated carbocycles. The topological polar surface area (TPSA) is 93.1 Å². The van der Waals surface area contributed by atoms with Crippen LogP contribution in [0.25, 0.3) is 10.9 Å². The average Bonchev–Trinajstić information content (AvgIpc) is 2.72. The van der Waals surface area contributed by atoms with Gasteiger partial charge in [-0.2, -0.15) is 0 Å². The lowest BCUT2D eigenvalue weighted by atomic mass is 9.95. The van der Waals surface area contributed by atoms with Gasteiger partial charge >= 0.3 is 6.03 Å². The van der Waals surface area contributed by atoms with E-state index in [1.54, 1.807) is 10.6 Å². The van der Waals surface area contributed by atoms with E-state index in [1.165, 1.54) is 18.2 Å². The molecule has 3 amide bonds. The summed E-state index contributed by atoms with van der Waals surface area (Å²) in [7, 11) is 0. The molecule has 0 radical (unpaired) electrons. The molecule has 2 N–H and O–H groups in total. The maximum atomic E-state index is 13.2. The molecule has 2 aromatic rings. The van der Waals surface area contributed by atoms with Crippen molar-refractivity contribution >= 4 is 34.6 Å². The van der Waals surface area contributed by atoms with Crippen LogP contribution in [0.3, 0.4) is 0 Å². The lowest BCUT2D eigenvalue weighted by Crippen LogP contribution is -2.44. The second kappa shape index (κ2) is 9.91. The number of benzene rings is 1. The minimum Gasteiger partial charge on any atom is -0.335 e. The molecule has 1 aliphatic carbocycles. The Morgan fingerprint density at radius 3 is 2.69 bits per heavy atom. The number of hydrogen-bond donors (Lipinski definition) is 2. The van der Waals surface area contributed by atoms with Gasteiger partial charge in [-0.3, -0.25) is 19.5 Å². The summed E-state index contributed by atoms with van der Waals surface area (Å²) in [4.78, 5) is 41.9. The number of fused-ring (bicyclic) bond motifs is 1. The molecule has 29 heavy (non-hydrogen) atoms. The number of urea groups is 1. The minimum absolute atomic E-state index is 0.00547. The first-order chi connectivity index (χ1) is 14.0. The van der Waals surface area contributed by atoms with Gasteiger partial charge in [-0.15, -0.1) is 0 Å². The van der Waals surface area contributed by atoms with Gasteiger partial charge in [0.2, 0.25) is 5.91 Å². The fraction of sp³-hybridized carbons (Fsp3) is 0.524. The highest BCUT2D eigenvalue weighted by Gasteiger charge is 2.22. The molecular formula is C21H28N4O3S. The summed E-state index contributed by atoms with van der Waals surface area (Å²) in [5.74, 6) is -0.390. The Hall–Kier alpha value is -2.35. The van der Waals surface area contributed by atoms with Crippen molar-refractivity contribution in [1.82, 2.24) is 20.2 Å². The van der Waals surface area contributed by atoms with E-state index in [0.29, 0.717) is 16.1 Å². The van der Waals surface area contributed by atoms with Crippen molar-refractivity contribution in [3.8, 4) is 0 Å². The van der Waals surface area contributed by atoms with Crippen molar-refractivity contribution < 1.29 is 9.59 Å². The second-order valence-electron chi connectivity index (χ2n) is 7.50. The van der Waals surface area contributed by atoms with Crippen molar-refractivity contribution in [2.24, 2.45) is 0 Å². The van der Waals surface area contributed by atoms with Crippen molar-refractivity contribution in [1.29, 1.82) is 0 Å². The van der Waals surface area contributed by atoms with Crippen LogP contribution in [0.15, 0.2) is 34.2 Å². The van der Waals surface area contributed by atoms with E-state index >= 15 is 0 Å². The predicted octanol–water partition coefficient (Wildman–Crippen LogP) is 3.62. The van der Waals surface area contributed by atoms with Gasteiger partial charge in [0.15, 0.2) is 5.16 Å². The summed E-state index contributed by atoms with van der Waals surface area (Å²) in [5.41, 5.74) is 0.571. The van der Waals surface area contributed by atoms with Gasteiger partial charge in [-0.1, -0.05) is 50.1 Å². The number of para-hydroxylation sites is 1. The average molecular weight is 417 g/mol. The van der Waals surface area contributed by atoms with Crippen molar-refractivity contribution in [3.05, 3.63) is 34.6 Å². The molecule has 0 unspecified atom stereocenters. The summed E-state index contributed by atoms with van der Waals surface area (Å²) < 4.78 is 1.76. The predicted molar refractivity (Wildman–Crippen MR) is 115 cm³/mol. The second-order valence-corrected chi connectivity index (χ2v) is 8.44. The number of hydrogen-bond acceptors (Lipinski definition) is 5. The molecule has 0 aliphatic heterocycles. The van der Waals surface area contributed by atoms with E-state index in [4.69, 9.17) is 0 Å². The quantitative estimate of drug-likeness (QED) is 0.554. The molecule has 1 aliphatic rings. The van der Waals surface area contributed by atoms with Gasteiger partial charge in [0.1, 0.15) is 0 Å². The van der Waals surface area contributed by atoms with Gasteiger partial charge in [0.25, 0.3) is 5.56 Å². The molecular weight excluding hydrogens is 388 g/mol. The molecule has 1 atom stereocenters. The zero-order valence-corrected chi connectivity index (χ0v) is 17.8. The fourth-order valence-corrected chi connectivity index (χ4v) is 4.41. The zero-order chi connectivity index (χ0) is 20.8. The molecule has 1 aromatic carbocycles. The van der Waals surface area contributed by atoms with E-state index in [9.17, 15) is 14.4 Å². The normalized spacial score (nSPS) is 15.8. The molecule has 7 nitrogen and oxygen atoms in total. The first-order valence-electron chi connectivity index (χ1n) is 10.2. The van der Waals surface area contributed by atoms with E-state index in [2.05, 4.69) is 15.6 Å². The maximum absolute atomic E-state index is 13.2. The van der Waals surface area contributed by atoms with E-state index in [1.807, 2.05) is 32.0 Å². The number of rotatable bonds is 6. The number of carbonyl (C=O) groups is 2. The Labute approximate surface area is 174 Å². The third-order valence-corrected chi connectivity index (χ3v) is 6.24. The molecule has 156 valence electrons. The van der Waals surface area contributed by atoms with E-state index in [-0.39, 0.29) is 23.4 Å². The van der Waals surface area contributed by atoms with Crippen LogP contribution < -0.4 is 16.2 Å². The van der Waals surface area contributed by atoms with Crippen molar-refractivity contribution in [3.63, 3.8) is 0 Å². The smallest absolute Gasteiger partial charge is 0.321 e. The van der Waals surface area contributed by atoms with Crippen LogP contribution in [0, 0.1) is 0 Å². The number of thioether (sulfide) groups is 1. The standard InChI is InChI=1S/C21H28N4O3S/c1-3-14(2)22-20(28)24-18(26)13-29-21-23-17-12-8-7-11-16(17)19(27)25(21)15-9-5-4-6-10-15/h7-8,11-12,14-15H,3-6,9-10,13H2,1-2H3,(H2,22,24,26,28)/t14-/m1/s1. The first kappa shape index (κ1) is 21.4. The van der Waals surface area contributed by atoms with Crippen LogP contribution in [0.2, 0.25) is 0 Å². The minimum atomic E-state index is -0.499. The molecule has 1 heterocycles. The number of amides is 3. The first-order valence-corrected chi connectivity index (χ1v) is 11.2. The van der Waals surface area contributed by atoms with Crippen LogP contribution in [-0.4, -0.2) is 33.3 Å². The van der Waals surface area contributed by atoms with Crippen LogP contribution >= 0.6 is 11.8 Å². The van der Waals surface area contributed by atoms with Gasteiger partial charge < -0.3 is 5.32 Å². The summed E-state index contributed by atoms with van der Waals surface area (Å²) >= 11 is 1.20. The fourth-order valence-electron chi connectivity index (χ4n) is 3.54. The van der Waals surface area contributed by atoms with Crippen LogP contribution in [0.1, 0.15) is 58.4 Å². The Bertz CT molecular complexity index is 937. The number of imide groups is 1. The Kier molecular flexibility index (Phi) is 7.30. The maximum Gasteiger partial charge on any atom is 0.321 e. The third-order valence-electron chi connectivity index (χ3n) is 5.29. The number of nitrogens with zero attached hydrogens (tertiary/aromatic N) is 2. The summed E-state index contributed by atoms with van der Waals surface area (Å²) in [6.07, 6.45) is 6.02. The Morgan fingerprint density at radius 2 is 1.97 bits per heavy atom. The molecule has 0 spiro atoms. The largest absolute Gasteiger partial charge is 0.335 e. The summed E-state index contributed by atoms with van der Waals surface area (Å²) in [5, 5.41) is 6.18. The summed E-state index contributed by atoms with van der Waals surface area (Å²) in [6.45, 7) is 3.83. The van der Waals surface area contributed by atoms with Crippen molar-refractivity contribution in [2.75, 3.05) is 5.75 Å². The molecule has 1 aromatic heterocycles. The monoisotopic (exact) mass is 416 g/mol. The van der Waals surface area contributed by atoms with Crippen LogP contribution in [0.4, 0.5) is 4.79 Å². The van der Waals surface area contributed by atoms with Gasteiger partial charge in [-0.05, 0) is 38.3 Å². The molecule has 0 bridgehead atoms. The number of carbonyl (C=O) groups excluding carboxylic acids is 2. The lowest BCUT2D eigenvalue weighted by Gasteiger charge is -2.26. The SMILES string of the molecule is CC[C@@H](C)NC(=O)NC(=O)CSc1nc2ccccc2c(=O)n1C1CCCCC1. The number of nitrogens with one attached hydrogen (secondary N) is 2. The highest BCUT2D eigenvalue weighted by molar-refractivity contribution is 7.99. The highest BCUT2D eigenvalue weighted by Crippen LogP contribution is 2.30. The molecule has 8 heteroatoms. The van der Waals surface area contributed by atoms with Crippen LogP contribution in [0.5, 0.6) is 0 Å². The molecule has 0 saturated heterocycles. The zero-order valence-electron chi connectivity index (χ0n) is 16.9. The molecule has 3 rings (SSSR count). The van der Waals surface area contributed by atoms with Gasteiger partial charge in [-0.25, -0.2) is 9.78 Å². The number of aromatic nitrogens is 2. The van der Waals surface area contributed by atoms with Crippen LogP contribution in [-0.2, 0) is 4.79 Å². The molecule has 1 fully saturated rings.